The number of nitrogen functional groups attached to an aromatic ring is 1. The van der Waals surface area contributed by atoms with E-state index in [2.05, 4.69) is 32.8 Å². The molecular weight excluding hydrogens is 278 g/mol. The Balaban J connectivity index is 2.52. The summed E-state index contributed by atoms with van der Waals surface area (Å²) >= 11 is 3.41. The van der Waals surface area contributed by atoms with E-state index < -0.39 is 0 Å². The van der Waals surface area contributed by atoms with Gasteiger partial charge in [0.05, 0.1) is 10.2 Å². The number of aryl methyl sites for hydroxylation is 2. The molecule has 2 aromatic rings. The molecule has 0 radical (unpaired) electrons. The molecule has 0 aliphatic heterocycles. The third-order valence-electron chi connectivity index (χ3n) is 2.59. The molecule has 1 heterocycles. The first kappa shape index (κ1) is 12.0. The van der Waals surface area contributed by atoms with Crippen LogP contribution in [0.2, 0.25) is 0 Å². The van der Waals surface area contributed by atoms with Crippen LogP contribution in [0.3, 0.4) is 0 Å². The molecule has 4 heteroatoms. The highest BCUT2D eigenvalue weighted by Gasteiger charge is 2.09. The molecule has 0 spiro atoms. The average molecular weight is 292 g/mol. The van der Waals surface area contributed by atoms with Gasteiger partial charge in [0.1, 0.15) is 5.82 Å². The first-order valence-corrected chi connectivity index (χ1v) is 6.30. The van der Waals surface area contributed by atoms with Crippen molar-refractivity contribution in [2.45, 2.75) is 20.3 Å². The highest BCUT2D eigenvalue weighted by Crippen LogP contribution is 2.25. The molecule has 3 nitrogen and oxygen atoms in total. The predicted molar refractivity (Wildman–Crippen MR) is 73.7 cm³/mol. The molecule has 0 saturated carbocycles. The van der Waals surface area contributed by atoms with Crippen LogP contribution in [0.5, 0.6) is 0 Å². The lowest BCUT2D eigenvalue weighted by molar-refractivity contribution is 0.995. The molecule has 0 atom stereocenters. The first-order valence-electron chi connectivity index (χ1n) is 5.50. The smallest absolute Gasteiger partial charge is 0.161 e. The van der Waals surface area contributed by atoms with Gasteiger partial charge in [-0.05, 0) is 29.3 Å². The molecule has 17 heavy (non-hydrogen) atoms. The monoisotopic (exact) mass is 291 g/mol. The number of halogens is 1. The van der Waals surface area contributed by atoms with Crippen molar-refractivity contribution in [2.24, 2.45) is 0 Å². The number of nitrogens with two attached hydrogens (primary N) is 1. The molecule has 0 unspecified atom stereocenters. The van der Waals surface area contributed by atoms with Crippen LogP contribution in [0.15, 0.2) is 28.7 Å². The van der Waals surface area contributed by atoms with Crippen LogP contribution >= 0.6 is 15.9 Å². The number of aromatic nitrogens is 2. The van der Waals surface area contributed by atoms with Crippen molar-refractivity contribution in [1.82, 2.24) is 9.97 Å². The minimum Gasteiger partial charge on any atom is -0.383 e. The van der Waals surface area contributed by atoms with Gasteiger partial charge < -0.3 is 5.73 Å². The second kappa shape index (κ2) is 4.84. The van der Waals surface area contributed by atoms with E-state index in [4.69, 9.17) is 5.73 Å². The van der Waals surface area contributed by atoms with Crippen LogP contribution in [-0.4, -0.2) is 9.97 Å². The molecule has 0 aliphatic carbocycles. The van der Waals surface area contributed by atoms with Gasteiger partial charge >= 0.3 is 0 Å². The zero-order chi connectivity index (χ0) is 12.4. The van der Waals surface area contributed by atoms with Crippen molar-refractivity contribution < 1.29 is 0 Å². The maximum atomic E-state index is 5.87. The Morgan fingerprint density at radius 3 is 2.41 bits per heavy atom. The van der Waals surface area contributed by atoms with E-state index in [9.17, 15) is 0 Å². The van der Waals surface area contributed by atoms with Crippen molar-refractivity contribution in [2.75, 3.05) is 5.73 Å². The van der Waals surface area contributed by atoms with E-state index in [1.54, 1.807) is 0 Å². The normalized spacial score (nSPS) is 10.5. The topological polar surface area (TPSA) is 51.8 Å². The van der Waals surface area contributed by atoms with Crippen molar-refractivity contribution in [3.63, 3.8) is 0 Å². The summed E-state index contributed by atoms with van der Waals surface area (Å²) in [4.78, 5) is 8.81. The third-order valence-corrected chi connectivity index (χ3v) is 3.45. The minimum atomic E-state index is 0.493. The van der Waals surface area contributed by atoms with Gasteiger partial charge in [0.25, 0.3) is 0 Å². The standard InChI is InChI=1S/C13H14BrN3/c1-3-10-11(14)12(15)17-13(16-10)9-6-4-8(2)5-7-9/h4-7H,3H2,1-2H3,(H2,15,16,17). The van der Waals surface area contributed by atoms with Crippen molar-refractivity contribution in [3.8, 4) is 11.4 Å². The van der Waals surface area contributed by atoms with Gasteiger partial charge in [-0.3, -0.25) is 0 Å². The Bertz CT molecular complexity index is 535. The van der Waals surface area contributed by atoms with Crippen LogP contribution in [0, 0.1) is 6.92 Å². The maximum absolute atomic E-state index is 5.87. The van der Waals surface area contributed by atoms with E-state index in [0.29, 0.717) is 11.6 Å². The average Bonchev–Trinajstić information content (AvgIpc) is 2.33. The Kier molecular flexibility index (Phi) is 3.43. The van der Waals surface area contributed by atoms with Gasteiger partial charge in [0.2, 0.25) is 0 Å². The number of rotatable bonds is 2. The zero-order valence-electron chi connectivity index (χ0n) is 9.87. The van der Waals surface area contributed by atoms with Gasteiger partial charge in [-0.1, -0.05) is 36.8 Å². The second-order valence-corrected chi connectivity index (χ2v) is 4.71. The SMILES string of the molecule is CCc1nc(-c2ccc(C)cc2)nc(N)c1Br. The summed E-state index contributed by atoms with van der Waals surface area (Å²) in [6, 6.07) is 8.11. The predicted octanol–water partition coefficient (Wildman–Crippen LogP) is 3.36. The van der Waals surface area contributed by atoms with Gasteiger partial charge in [0.15, 0.2) is 5.82 Å². The first-order chi connectivity index (χ1) is 8.11. The molecule has 0 aliphatic rings. The summed E-state index contributed by atoms with van der Waals surface area (Å²) in [6.45, 7) is 4.10. The number of nitrogens with zero attached hydrogens (tertiary/aromatic N) is 2. The highest BCUT2D eigenvalue weighted by molar-refractivity contribution is 9.10. The van der Waals surface area contributed by atoms with Crippen molar-refractivity contribution in [1.29, 1.82) is 0 Å². The molecule has 0 saturated heterocycles. The molecule has 1 aromatic carbocycles. The van der Waals surface area contributed by atoms with Crippen LogP contribution in [0.4, 0.5) is 5.82 Å². The molecule has 2 N–H and O–H groups in total. The lowest BCUT2D eigenvalue weighted by Gasteiger charge is -2.07. The van der Waals surface area contributed by atoms with E-state index in [0.717, 1.165) is 22.2 Å². The summed E-state index contributed by atoms with van der Waals surface area (Å²) in [5, 5.41) is 0. The van der Waals surface area contributed by atoms with Gasteiger partial charge in [-0.2, -0.15) is 0 Å². The summed E-state index contributed by atoms with van der Waals surface area (Å²) < 4.78 is 0.802. The zero-order valence-corrected chi connectivity index (χ0v) is 11.5. The molecular formula is C13H14BrN3. The molecule has 1 aromatic heterocycles. The number of benzene rings is 1. The largest absolute Gasteiger partial charge is 0.383 e. The fourth-order valence-corrected chi connectivity index (χ4v) is 2.04. The van der Waals surface area contributed by atoms with E-state index in [-0.39, 0.29) is 0 Å². The minimum absolute atomic E-state index is 0.493. The second-order valence-electron chi connectivity index (χ2n) is 3.91. The van der Waals surface area contributed by atoms with E-state index >= 15 is 0 Å². The molecule has 0 fully saturated rings. The van der Waals surface area contributed by atoms with Crippen LogP contribution < -0.4 is 5.73 Å². The summed E-state index contributed by atoms with van der Waals surface area (Å²) in [5.74, 6) is 1.18. The lowest BCUT2D eigenvalue weighted by atomic mass is 10.1. The molecule has 2 rings (SSSR count). The molecule has 0 bridgehead atoms. The summed E-state index contributed by atoms with van der Waals surface area (Å²) in [5.41, 5.74) is 9.01. The van der Waals surface area contributed by atoms with Crippen molar-refractivity contribution >= 4 is 21.7 Å². The van der Waals surface area contributed by atoms with Crippen LogP contribution in [-0.2, 0) is 6.42 Å². The molecule has 0 amide bonds. The van der Waals surface area contributed by atoms with E-state index in [1.165, 1.54) is 5.56 Å². The number of anilines is 1. The fourth-order valence-electron chi connectivity index (χ4n) is 1.58. The van der Waals surface area contributed by atoms with Crippen LogP contribution in [0.25, 0.3) is 11.4 Å². The molecule has 88 valence electrons. The Hall–Kier alpha value is -1.42. The Morgan fingerprint density at radius 2 is 1.82 bits per heavy atom. The van der Waals surface area contributed by atoms with Gasteiger partial charge in [0, 0.05) is 5.56 Å². The quantitative estimate of drug-likeness (QED) is 0.923. The number of hydrogen-bond acceptors (Lipinski definition) is 3. The third kappa shape index (κ3) is 2.47. The maximum Gasteiger partial charge on any atom is 0.161 e. The van der Waals surface area contributed by atoms with Gasteiger partial charge in [-0.15, -0.1) is 0 Å². The Labute approximate surface area is 109 Å². The van der Waals surface area contributed by atoms with Gasteiger partial charge in [-0.25, -0.2) is 9.97 Å². The lowest BCUT2D eigenvalue weighted by Crippen LogP contribution is -2.02. The van der Waals surface area contributed by atoms with Crippen molar-refractivity contribution in [3.05, 3.63) is 40.0 Å². The van der Waals surface area contributed by atoms with Crippen LogP contribution in [0.1, 0.15) is 18.2 Å². The highest BCUT2D eigenvalue weighted by atomic mass is 79.9. The number of hydrogen-bond donors (Lipinski definition) is 1. The Morgan fingerprint density at radius 1 is 1.18 bits per heavy atom. The van der Waals surface area contributed by atoms with E-state index in [1.807, 2.05) is 31.2 Å². The fraction of sp³-hybridized carbons (Fsp3) is 0.231. The summed E-state index contributed by atoms with van der Waals surface area (Å²) in [6.07, 6.45) is 0.826. The summed E-state index contributed by atoms with van der Waals surface area (Å²) in [7, 11) is 0.